The van der Waals surface area contributed by atoms with Crippen LogP contribution in [0.5, 0.6) is 0 Å². The lowest BCUT2D eigenvalue weighted by Crippen LogP contribution is -2.14. The first-order chi connectivity index (χ1) is 6.89. The lowest BCUT2D eigenvalue weighted by atomic mass is 10.0. The summed E-state index contributed by atoms with van der Waals surface area (Å²) in [6, 6.07) is 2.49. The summed E-state index contributed by atoms with van der Waals surface area (Å²) in [6.07, 6.45) is 0. The van der Waals surface area contributed by atoms with Crippen molar-refractivity contribution in [2.24, 2.45) is 5.14 Å². The Morgan fingerprint density at radius 1 is 1.53 bits per heavy atom. The van der Waals surface area contributed by atoms with Crippen LogP contribution in [0.15, 0.2) is 17.0 Å². The third-order valence-corrected chi connectivity index (χ3v) is 3.47. The Bertz CT molecular complexity index is 513. The molecule has 1 aliphatic heterocycles. The van der Waals surface area contributed by atoms with Gasteiger partial charge in [-0.2, -0.15) is 0 Å². The molecule has 1 unspecified atom stereocenters. The highest BCUT2D eigenvalue weighted by Gasteiger charge is 2.24. The van der Waals surface area contributed by atoms with Crippen molar-refractivity contribution >= 4 is 15.7 Å². The Labute approximate surface area is 87.3 Å². The van der Waals surface area contributed by atoms with Crippen LogP contribution in [0.25, 0.3) is 0 Å². The van der Waals surface area contributed by atoms with Crippen LogP contribution in [0, 0.1) is 5.82 Å². The molecule has 0 fully saturated rings. The molecule has 6 heteroatoms. The molecular weight excluding hydrogens is 219 g/mol. The van der Waals surface area contributed by atoms with Crippen molar-refractivity contribution in [2.45, 2.75) is 17.7 Å². The topological polar surface area (TPSA) is 72.2 Å². The van der Waals surface area contributed by atoms with E-state index in [1.54, 1.807) is 0 Å². The highest BCUT2D eigenvalue weighted by atomic mass is 32.2. The fourth-order valence-electron chi connectivity index (χ4n) is 1.72. The number of primary sulfonamides is 1. The molecule has 15 heavy (non-hydrogen) atoms. The van der Waals surface area contributed by atoms with E-state index in [9.17, 15) is 12.8 Å². The van der Waals surface area contributed by atoms with Gasteiger partial charge in [-0.25, -0.2) is 17.9 Å². The van der Waals surface area contributed by atoms with Crippen molar-refractivity contribution in [1.29, 1.82) is 0 Å². The van der Waals surface area contributed by atoms with Gasteiger partial charge in [0.1, 0.15) is 10.7 Å². The zero-order chi connectivity index (χ0) is 11.2. The van der Waals surface area contributed by atoms with Crippen molar-refractivity contribution in [3.05, 3.63) is 23.5 Å². The van der Waals surface area contributed by atoms with Crippen LogP contribution in [-0.2, 0) is 10.0 Å². The van der Waals surface area contributed by atoms with Gasteiger partial charge >= 0.3 is 0 Å². The van der Waals surface area contributed by atoms with Crippen LogP contribution in [0.2, 0.25) is 0 Å². The van der Waals surface area contributed by atoms with E-state index >= 15 is 0 Å². The Hall–Kier alpha value is -1.14. The largest absolute Gasteiger partial charge is 0.384 e. The van der Waals surface area contributed by atoms with Crippen LogP contribution in [0.4, 0.5) is 10.1 Å². The second-order valence-electron chi connectivity index (χ2n) is 3.70. The number of sulfonamides is 1. The SMILES string of the molecule is CC1CNc2cc(S(N)(=O)=O)c(F)cc21. The zero-order valence-electron chi connectivity index (χ0n) is 8.12. The molecule has 0 aromatic heterocycles. The van der Waals surface area contributed by atoms with E-state index in [2.05, 4.69) is 5.32 Å². The molecule has 0 saturated heterocycles. The van der Waals surface area contributed by atoms with Gasteiger partial charge in [-0.1, -0.05) is 6.92 Å². The summed E-state index contributed by atoms with van der Waals surface area (Å²) in [7, 11) is -3.99. The number of nitrogens with two attached hydrogens (primary N) is 1. The molecule has 0 amide bonds. The smallest absolute Gasteiger partial charge is 0.241 e. The Balaban J connectivity index is 2.64. The molecule has 0 spiro atoms. The summed E-state index contributed by atoms with van der Waals surface area (Å²) in [4.78, 5) is -0.456. The molecule has 1 aromatic rings. The number of benzene rings is 1. The van der Waals surface area contributed by atoms with Crippen molar-refractivity contribution < 1.29 is 12.8 Å². The van der Waals surface area contributed by atoms with Gasteiger partial charge < -0.3 is 5.32 Å². The maximum absolute atomic E-state index is 13.4. The number of fused-ring (bicyclic) bond motifs is 1. The molecule has 2 rings (SSSR count). The Kier molecular flexibility index (Phi) is 2.20. The van der Waals surface area contributed by atoms with E-state index in [0.29, 0.717) is 12.2 Å². The molecule has 1 aromatic carbocycles. The van der Waals surface area contributed by atoms with Crippen molar-refractivity contribution in [2.75, 3.05) is 11.9 Å². The van der Waals surface area contributed by atoms with E-state index in [-0.39, 0.29) is 5.92 Å². The highest BCUT2D eigenvalue weighted by molar-refractivity contribution is 7.89. The Morgan fingerprint density at radius 3 is 2.80 bits per heavy atom. The van der Waals surface area contributed by atoms with Crippen LogP contribution in [0.1, 0.15) is 18.4 Å². The molecule has 1 atom stereocenters. The van der Waals surface area contributed by atoms with Crippen LogP contribution in [0.3, 0.4) is 0 Å². The number of hydrogen-bond donors (Lipinski definition) is 2. The molecule has 0 bridgehead atoms. The number of rotatable bonds is 1. The van der Waals surface area contributed by atoms with Gasteiger partial charge in [0.2, 0.25) is 10.0 Å². The maximum Gasteiger partial charge on any atom is 0.241 e. The number of nitrogens with one attached hydrogen (secondary N) is 1. The van der Waals surface area contributed by atoms with Gasteiger partial charge in [0.05, 0.1) is 0 Å². The number of halogens is 1. The third-order valence-electron chi connectivity index (χ3n) is 2.54. The van der Waals surface area contributed by atoms with E-state index in [0.717, 1.165) is 5.56 Å². The standard InChI is InChI=1S/C9H11FN2O2S/c1-5-4-12-8-3-9(15(11,13)14)7(10)2-6(5)8/h2-3,5,12H,4H2,1H3,(H2,11,13,14). The van der Waals surface area contributed by atoms with E-state index in [1.165, 1.54) is 12.1 Å². The number of anilines is 1. The second-order valence-corrected chi connectivity index (χ2v) is 5.23. The van der Waals surface area contributed by atoms with Gasteiger partial charge in [-0.3, -0.25) is 0 Å². The van der Waals surface area contributed by atoms with Crippen molar-refractivity contribution in [3.63, 3.8) is 0 Å². The lowest BCUT2D eigenvalue weighted by molar-refractivity contribution is 0.567. The molecule has 1 aliphatic rings. The first-order valence-corrected chi connectivity index (χ1v) is 6.04. The van der Waals surface area contributed by atoms with E-state index < -0.39 is 20.7 Å². The summed E-state index contributed by atoms with van der Waals surface area (Å²) in [6.45, 7) is 2.62. The molecule has 0 radical (unpaired) electrons. The summed E-state index contributed by atoms with van der Waals surface area (Å²) < 4.78 is 35.5. The predicted octanol–water partition coefficient (Wildman–Crippen LogP) is 1.00. The minimum Gasteiger partial charge on any atom is -0.384 e. The molecule has 4 nitrogen and oxygen atoms in total. The fraction of sp³-hybridized carbons (Fsp3) is 0.333. The maximum atomic E-state index is 13.4. The second kappa shape index (κ2) is 3.18. The van der Waals surface area contributed by atoms with Crippen LogP contribution < -0.4 is 10.5 Å². The van der Waals surface area contributed by atoms with Crippen LogP contribution >= 0.6 is 0 Å². The van der Waals surface area contributed by atoms with Gasteiger partial charge in [-0.15, -0.1) is 0 Å². The Morgan fingerprint density at radius 2 is 2.20 bits per heavy atom. The van der Waals surface area contributed by atoms with Gasteiger partial charge in [0.15, 0.2) is 0 Å². The van der Waals surface area contributed by atoms with E-state index in [1.807, 2.05) is 6.92 Å². The summed E-state index contributed by atoms with van der Waals surface area (Å²) in [5.74, 6) is -0.601. The van der Waals surface area contributed by atoms with Crippen molar-refractivity contribution in [3.8, 4) is 0 Å². The lowest BCUT2D eigenvalue weighted by Gasteiger charge is -2.06. The first-order valence-electron chi connectivity index (χ1n) is 4.49. The van der Waals surface area contributed by atoms with Crippen LogP contribution in [-0.4, -0.2) is 15.0 Å². The first kappa shape index (κ1) is 10.4. The van der Waals surface area contributed by atoms with Gasteiger partial charge in [0.25, 0.3) is 0 Å². The third kappa shape index (κ3) is 1.70. The monoisotopic (exact) mass is 230 g/mol. The normalized spacial score (nSPS) is 19.8. The summed E-state index contributed by atoms with van der Waals surface area (Å²) in [5, 5.41) is 7.89. The molecule has 1 heterocycles. The predicted molar refractivity (Wildman–Crippen MR) is 54.7 cm³/mol. The molecule has 3 N–H and O–H groups in total. The summed E-state index contributed by atoms with van der Waals surface area (Å²) >= 11 is 0. The summed E-state index contributed by atoms with van der Waals surface area (Å²) in [5.41, 5.74) is 1.44. The molecular formula is C9H11FN2O2S. The zero-order valence-corrected chi connectivity index (χ0v) is 8.94. The average Bonchev–Trinajstić information content (AvgIpc) is 2.45. The van der Waals surface area contributed by atoms with Gasteiger partial charge in [0, 0.05) is 18.2 Å². The van der Waals surface area contributed by atoms with Gasteiger partial charge in [-0.05, 0) is 17.7 Å². The molecule has 0 aliphatic carbocycles. The highest BCUT2D eigenvalue weighted by Crippen LogP contribution is 2.33. The quantitative estimate of drug-likeness (QED) is 0.756. The minimum atomic E-state index is -3.99. The fourth-order valence-corrected chi connectivity index (χ4v) is 2.33. The molecule has 0 saturated carbocycles. The molecule has 82 valence electrons. The average molecular weight is 230 g/mol. The minimum absolute atomic E-state index is 0.184. The number of hydrogen-bond acceptors (Lipinski definition) is 3. The van der Waals surface area contributed by atoms with Crippen molar-refractivity contribution in [1.82, 2.24) is 0 Å². The van der Waals surface area contributed by atoms with E-state index in [4.69, 9.17) is 5.14 Å².